The number of aromatic nitrogens is 2. The Balaban J connectivity index is 2.13. The largest absolute Gasteiger partial charge is 0.378 e. The fourth-order valence-electron chi connectivity index (χ4n) is 1.96. The van der Waals surface area contributed by atoms with Crippen molar-refractivity contribution in [3.63, 3.8) is 0 Å². The molecule has 1 amide bonds. The van der Waals surface area contributed by atoms with Gasteiger partial charge in [-0.05, 0) is 6.42 Å². The number of amides is 1. The van der Waals surface area contributed by atoms with E-state index in [1.807, 2.05) is 0 Å². The first-order valence-electron chi connectivity index (χ1n) is 5.71. The summed E-state index contributed by atoms with van der Waals surface area (Å²) in [5.41, 5.74) is 0.189. The number of rotatable bonds is 2. The molecule has 1 aromatic rings. The molecule has 0 bridgehead atoms. The first-order chi connectivity index (χ1) is 8.49. The number of carbonyl (C=O) groups excluding carboxylic acids is 1. The second-order valence-electron chi connectivity index (χ2n) is 4.46. The molecule has 0 saturated carbocycles. The SMILES string of the molecule is CN1C[C@H](Nc2cnn(C)c(=O)c2Cl)CCC1=O. The molecule has 1 saturated heterocycles. The molecule has 98 valence electrons. The Hall–Kier alpha value is -1.56. The van der Waals surface area contributed by atoms with Crippen molar-refractivity contribution in [3.05, 3.63) is 21.6 Å². The van der Waals surface area contributed by atoms with E-state index in [1.165, 1.54) is 10.9 Å². The van der Waals surface area contributed by atoms with E-state index in [-0.39, 0.29) is 22.5 Å². The molecule has 18 heavy (non-hydrogen) atoms. The molecule has 0 aliphatic carbocycles. The lowest BCUT2D eigenvalue weighted by molar-refractivity contribution is -0.132. The van der Waals surface area contributed by atoms with Gasteiger partial charge in [0.15, 0.2) is 0 Å². The highest BCUT2D eigenvalue weighted by Crippen LogP contribution is 2.19. The minimum absolute atomic E-state index is 0.0964. The van der Waals surface area contributed by atoms with Crippen LogP contribution in [-0.2, 0) is 11.8 Å². The normalized spacial score (nSPS) is 20.1. The summed E-state index contributed by atoms with van der Waals surface area (Å²) in [6.07, 6.45) is 2.76. The summed E-state index contributed by atoms with van der Waals surface area (Å²) in [5.74, 6) is 0.140. The zero-order valence-corrected chi connectivity index (χ0v) is 11.1. The number of hydrogen-bond donors (Lipinski definition) is 1. The summed E-state index contributed by atoms with van der Waals surface area (Å²) in [6.45, 7) is 0.602. The number of nitrogens with one attached hydrogen (secondary N) is 1. The van der Waals surface area contributed by atoms with Gasteiger partial charge < -0.3 is 10.2 Å². The number of carbonyl (C=O) groups is 1. The van der Waals surface area contributed by atoms with Crippen LogP contribution in [0.25, 0.3) is 0 Å². The Morgan fingerprint density at radius 2 is 2.17 bits per heavy atom. The number of aryl methyl sites for hydroxylation is 1. The molecule has 7 heteroatoms. The molecule has 6 nitrogen and oxygen atoms in total. The summed E-state index contributed by atoms with van der Waals surface area (Å²) in [6, 6.07) is 0.0964. The maximum absolute atomic E-state index is 11.6. The average Bonchev–Trinajstić information content (AvgIpc) is 2.34. The van der Waals surface area contributed by atoms with Crippen molar-refractivity contribution in [2.75, 3.05) is 18.9 Å². The predicted molar refractivity (Wildman–Crippen MR) is 68.8 cm³/mol. The minimum Gasteiger partial charge on any atom is -0.378 e. The van der Waals surface area contributed by atoms with Crippen molar-refractivity contribution >= 4 is 23.2 Å². The Bertz CT molecular complexity index is 528. The number of likely N-dealkylation sites (tertiary alicyclic amines) is 1. The third-order valence-electron chi connectivity index (χ3n) is 3.06. The highest BCUT2D eigenvalue weighted by molar-refractivity contribution is 6.32. The number of anilines is 1. The molecule has 0 spiro atoms. The van der Waals surface area contributed by atoms with Crippen molar-refractivity contribution in [3.8, 4) is 0 Å². The molecule has 1 aromatic heterocycles. The van der Waals surface area contributed by atoms with Crippen LogP contribution in [0.1, 0.15) is 12.8 Å². The van der Waals surface area contributed by atoms with Crippen LogP contribution in [0.4, 0.5) is 5.69 Å². The van der Waals surface area contributed by atoms with Gasteiger partial charge in [0.1, 0.15) is 5.02 Å². The van der Waals surface area contributed by atoms with Gasteiger partial charge in [-0.1, -0.05) is 11.6 Å². The molecule has 1 aliphatic heterocycles. The molecular weight excluding hydrogens is 256 g/mol. The summed E-state index contributed by atoms with van der Waals surface area (Å²) < 4.78 is 1.18. The van der Waals surface area contributed by atoms with Crippen LogP contribution in [0, 0.1) is 0 Å². The number of nitrogens with zero attached hydrogens (tertiary/aromatic N) is 3. The smallest absolute Gasteiger partial charge is 0.287 e. The molecule has 0 unspecified atom stereocenters. The Morgan fingerprint density at radius 1 is 1.44 bits per heavy atom. The van der Waals surface area contributed by atoms with Gasteiger partial charge in [0.2, 0.25) is 5.91 Å². The molecule has 2 heterocycles. The lowest BCUT2D eigenvalue weighted by Crippen LogP contribution is -2.43. The molecule has 1 atom stereocenters. The van der Waals surface area contributed by atoms with Crippen molar-refractivity contribution in [1.82, 2.24) is 14.7 Å². The van der Waals surface area contributed by atoms with Crippen LogP contribution in [0.5, 0.6) is 0 Å². The predicted octanol–water partition coefficient (Wildman–Crippen LogP) is 0.466. The van der Waals surface area contributed by atoms with Crippen LogP contribution in [0.2, 0.25) is 5.02 Å². The monoisotopic (exact) mass is 270 g/mol. The number of likely N-dealkylation sites (N-methyl/N-ethyl adjacent to an activating group) is 1. The van der Waals surface area contributed by atoms with Crippen molar-refractivity contribution in [1.29, 1.82) is 0 Å². The lowest BCUT2D eigenvalue weighted by atomic mass is 10.1. The third-order valence-corrected chi connectivity index (χ3v) is 3.43. The molecule has 1 fully saturated rings. The average molecular weight is 271 g/mol. The number of piperidine rings is 1. The summed E-state index contributed by atoms with van der Waals surface area (Å²) in [7, 11) is 3.31. The van der Waals surface area contributed by atoms with Gasteiger partial charge in [-0.15, -0.1) is 0 Å². The van der Waals surface area contributed by atoms with E-state index in [1.54, 1.807) is 19.0 Å². The molecule has 1 aliphatic rings. The van der Waals surface area contributed by atoms with Crippen molar-refractivity contribution in [2.24, 2.45) is 7.05 Å². The summed E-state index contributed by atoms with van der Waals surface area (Å²) in [5, 5.41) is 7.21. The van der Waals surface area contributed by atoms with E-state index in [0.29, 0.717) is 18.7 Å². The Labute approximate surface area is 110 Å². The third kappa shape index (κ3) is 2.48. The van der Waals surface area contributed by atoms with Crippen molar-refractivity contribution < 1.29 is 4.79 Å². The standard InChI is InChI=1S/C11H15ClN4O2/c1-15-6-7(3-4-9(15)17)14-8-5-13-16(2)11(18)10(8)12/h5,7,14H,3-4,6H2,1-2H3/t7-/m1/s1. The minimum atomic E-state index is -0.332. The zero-order valence-electron chi connectivity index (χ0n) is 10.3. The van der Waals surface area contributed by atoms with Crippen molar-refractivity contribution in [2.45, 2.75) is 18.9 Å². The zero-order chi connectivity index (χ0) is 13.3. The quantitative estimate of drug-likeness (QED) is 0.848. The van der Waals surface area contributed by atoms with Crippen LogP contribution in [0.15, 0.2) is 11.0 Å². The molecular formula is C11H15ClN4O2. The fraction of sp³-hybridized carbons (Fsp3) is 0.545. The Morgan fingerprint density at radius 3 is 2.83 bits per heavy atom. The number of hydrogen-bond acceptors (Lipinski definition) is 4. The molecule has 2 rings (SSSR count). The molecule has 0 aromatic carbocycles. The van der Waals surface area contributed by atoms with Crippen LogP contribution in [0.3, 0.4) is 0 Å². The summed E-state index contributed by atoms with van der Waals surface area (Å²) >= 11 is 5.97. The topological polar surface area (TPSA) is 67.2 Å². The maximum Gasteiger partial charge on any atom is 0.287 e. The van der Waals surface area contributed by atoms with Gasteiger partial charge in [-0.3, -0.25) is 9.59 Å². The highest BCUT2D eigenvalue weighted by Gasteiger charge is 2.23. The molecule has 0 radical (unpaired) electrons. The maximum atomic E-state index is 11.6. The van der Waals surface area contributed by atoms with E-state index >= 15 is 0 Å². The first kappa shape index (κ1) is 12.9. The van der Waals surface area contributed by atoms with Gasteiger partial charge in [-0.2, -0.15) is 5.10 Å². The molecule has 1 N–H and O–H groups in total. The van der Waals surface area contributed by atoms with Gasteiger partial charge >= 0.3 is 0 Å². The first-order valence-corrected chi connectivity index (χ1v) is 6.09. The Kier molecular flexibility index (Phi) is 3.56. The van der Waals surface area contributed by atoms with E-state index in [0.717, 1.165) is 6.42 Å². The van der Waals surface area contributed by atoms with Gasteiger partial charge in [0.25, 0.3) is 5.56 Å². The second-order valence-corrected chi connectivity index (χ2v) is 4.83. The van der Waals surface area contributed by atoms with E-state index in [2.05, 4.69) is 10.4 Å². The van der Waals surface area contributed by atoms with Gasteiger partial charge in [0, 0.05) is 33.1 Å². The second kappa shape index (κ2) is 4.97. The fourth-order valence-corrected chi connectivity index (χ4v) is 2.19. The van der Waals surface area contributed by atoms with Crippen LogP contribution < -0.4 is 10.9 Å². The van der Waals surface area contributed by atoms with E-state index in [4.69, 9.17) is 11.6 Å². The van der Waals surface area contributed by atoms with Gasteiger partial charge in [0.05, 0.1) is 11.9 Å². The van der Waals surface area contributed by atoms with Crippen LogP contribution in [-0.4, -0.2) is 40.2 Å². The number of halogens is 1. The van der Waals surface area contributed by atoms with Gasteiger partial charge in [-0.25, -0.2) is 4.68 Å². The van der Waals surface area contributed by atoms with E-state index < -0.39 is 0 Å². The summed E-state index contributed by atoms with van der Waals surface area (Å²) in [4.78, 5) is 24.6. The van der Waals surface area contributed by atoms with E-state index in [9.17, 15) is 9.59 Å². The highest BCUT2D eigenvalue weighted by atomic mass is 35.5. The lowest BCUT2D eigenvalue weighted by Gasteiger charge is -2.30. The van der Waals surface area contributed by atoms with Crippen LogP contribution >= 0.6 is 11.6 Å².